The van der Waals surface area contributed by atoms with E-state index in [0.29, 0.717) is 105 Å². The smallest absolute Gasteiger partial charge is 0.319 e. The Morgan fingerprint density at radius 1 is 0.432 bits per heavy atom. The van der Waals surface area contributed by atoms with Crippen LogP contribution in [-0.4, -0.2) is 107 Å². The largest absolute Gasteiger partial charge is 0.383 e. The first-order valence-corrected chi connectivity index (χ1v) is 30.2. The number of hydrogen-bond donors (Lipinski definition) is 6. The van der Waals surface area contributed by atoms with E-state index in [1.165, 1.54) is 92.0 Å². The number of carbonyl (C=O) groups excluding carboxylic acids is 3. The summed E-state index contributed by atoms with van der Waals surface area (Å²) in [5, 5.41) is 16.6. The third kappa shape index (κ3) is 14.3. The second-order valence-electron chi connectivity index (χ2n) is 22.5. The molecule has 0 spiro atoms. The Hall–Kier alpha value is -11.4. The minimum atomic E-state index is -0.831. The van der Waals surface area contributed by atoms with Gasteiger partial charge in [-0.25, -0.2) is 70.6 Å². The van der Waals surface area contributed by atoms with Gasteiger partial charge in [-0.3, -0.25) is 0 Å². The number of benzene rings is 8. The molecule has 11 aromatic rings. The van der Waals surface area contributed by atoms with Crippen LogP contribution in [0.2, 0.25) is 0 Å². The van der Waals surface area contributed by atoms with E-state index in [4.69, 9.17) is 34.6 Å². The Kier molecular flexibility index (Phi) is 18.6. The number of halogens is 6. The van der Waals surface area contributed by atoms with Crippen LogP contribution in [0.1, 0.15) is 31.0 Å². The van der Waals surface area contributed by atoms with Gasteiger partial charge in [0.15, 0.2) is 0 Å². The van der Waals surface area contributed by atoms with Gasteiger partial charge in [-0.2, -0.15) is 0 Å². The Labute approximate surface area is 540 Å². The SMILES string of the molecule is CCNC(=O)Nc1ccc2nc(-c3ccc(F)cc3)c(C3=CC(c4cc(-c5nc6ccc(NC(=O)NCCN(C)C)cc6nc5-c5ccc(F)c(-c6cc(-c7nc8ccc(NC(=O)NCCOC)cc8nc7-c7ccc(F)cc7)ccc6F)c5)ccc4F)=C(F)CC3)nc2c1. The molecule has 0 saturated heterocycles. The lowest BCUT2D eigenvalue weighted by atomic mass is 9.89. The molecule has 95 heavy (non-hydrogen) atoms. The van der Waals surface area contributed by atoms with Crippen molar-refractivity contribution in [2.45, 2.75) is 19.8 Å². The van der Waals surface area contributed by atoms with Crippen molar-refractivity contribution in [1.82, 2.24) is 50.8 Å². The van der Waals surface area contributed by atoms with Crippen LogP contribution in [0, 0.1) is 29.1 Å². The molecule has 23 heteroatoms. The molecule has 6 N–H and O–H groups in total. The summed E-state index contributed by atoms with van der Waals surface area (Å²) in [6, 6.07) is 36.6. The minimum absolute atomic E-state index is 0.103. The molecule has 0 unspecified atom stereocenters. The van der Waals surface area contributed by atoms with E-state index in [0.717, 1.165) is 12.1 Å². The minimum Gasteiger partial charge on any atom is -0.383 e. The van der Waals surface area contributed by atoms with Gasteiger partial charge in [-0.1, -0.05) is 0 Å². The number of hydrogen-bond acceptors (Lipinski definition) is 11. The monoisotopic (exact) mass is 1280 g/mol. The van der Waals surface area contributed by atoms with Crippen molar-refractivity contribution in [3.05, 3.63) is 210 Å². The summed E-state index contributed by atoms with van der Waals surface area (Å²) in [6.45, 7) is 3.66. The van der Waals surface area contributed by atoms with Gasteiger partial charge in [0.1, 0.15) is 34.9 Å². The summed E-state index contributed by atoms with van der Waals surface area (Å²) >= 11 is 0. The van der Waals surface area contributed by atoms with Crippen molar-refractivity contribution in [3.63, 3.8) is 0 Å². The second kappa shape index (κ2) is 27.8. The van der Waals surface area contributed by atoms with Gasteiger partial charge in [0.25, 0.3) is 0 Å². The van der Waals surface area contributed by atoms with Crippen LogP contribution in [0.25, 0.3) is 112 Å². The number of ether oxygens (including phenoxy) is 1. The van der Waals surface area contributed by atoms with Crippen molar-refractivity contribution in [3.8, 4) is 67.4 Å². The van der Waals surface area contributed by atoms with Crippen LogP contribution < -0.4 is 31.9 Å². The fourth-order valence-electron chi connectivity index (χ4n) is 10.9. The fraction of sp³-hybridized carbons (Fsp3) is 0.153. The van der Waals surface area contributed by atoms with Crippen molar-refractivity contribution in [1.29, 1.82) is 0 Å². The van der Waals surface area contributed by atoms with E-state index in [1.54, 1.807) is 73.7 Å². The molecule has 0 saturated carbocycles. The van der Waals surface area contributed by atoms with E-state index < -0.39 is 53.0 Å². The number of amides is 6. The van der Waals surface area contributed by atoms with E-state index in [2.05, 4.69) is 31.9 Å². The lowest BCUT2D eigenvalue weighted by Gasteiger charge is -2.20. The van der Waals surface area contributed by atoms with Crippen LogP contribution in [0.3, 0.4) is 0 Å². The maximum absolute atomic E-state index is 16.8. The van der Waals surface area contributed by atoms with Crippen LogP contribution in [0.15, 0.2) is 170 Å². The van der Waals surface area contributed by atoms with Crippen molar-refractivity contribution in [2.75, 3.05) is 69.9 Å². The van der Waals surface area contributed by atoms with Gasteiger partial charge >= 0.3 is 18.1 Å². The zero-order chi connectivity index (χ0) is 66.4. The molecule has 8 aromatic carbocycles. The second-order valence-corrected chi connectivity index (χ2v) is 22.5. The molecule has 478 valence electrons. The van der Waals surface area contributed by atoms with Gasteiger partial charge in [0.2, 0.25) is 0 Å². The molecule has 3 aromatic heterocycles. The maximum Gasteiger partial charge on any atom is 0.319 e. The van der Waals surface area contributed by atoms with E-state index in [1.807, 2.05) is 19.0 Å². The Bertz CT molecular complexity index is 4900. The molecular formula is C72H59F6N13O4. The zero-order valence-corrected chi connectivity index (χ0v) is 51.6. The third-order valence-electron chi connectivity index (χ3n) is 15.6. The predicted octanol–water partition coefficient (Wildman–Crippen LogP) is 15.4. The Morgan fingerprint density at radius 2 is 0.811 bits per heavy atom. The fourth-order valence-corrected chi connectivity index (χ4v) is 10.9. The molecule has 0 aliphatic heterocycles. The van der Waals surface area contributed by atoms with Gasteiger partial charge in [-0.15, -0.1) is 0 Å². The molecule has 17 nitrogen and oxygen atoms in total. The molecule has 0 bridgehead atoms. The van der Waals surface area contributed by atoms with Gasteiger partial charge in [0.05, 0.1) is 73.9 Å². The highest BCUT2D eigenvalue weighted by Crippen LogP contribution is 2.43. The summed E-state index contributed by atoms with van der Waals surface area (Å²) in [4.78, 5) is 70.2. The number of nitrogens with zero attached hydrogens (tertiary/aromatic N) is 7. The van der Waals surface area contributed by atoms with E-state index >= 15 is 17.6 Å². The summed E-state index contributed by atoms with van der Waals surface area (Å²) in [7, 11) is 5.26. The van der Waals surface area contributed by atoms with Crippen LogP contribution >= 0.6 is 0 Å². The molecule has 6 amide bonds. The average molecular weight is 1280 g/mol. The van der Waals surface area contributed by atoms with Gasteiger partial charge < -0.3 is 41.5 Å². The number of methoxy groups -OCH3 is 1. The standard InChI is InChI=1S/C72H59F6N13O4/c1-5-79-70(92)82-47-18-25-58-62(36-47)89-67(64(85-58)39-6-14-45(73)15-7-39)42-11-22-55(76)51(33-42)52-34-43(12-23-56(52)77)68-69(90-63-38-48(19-27-60(63)87-68)83-71(93)80-28-30-91(2)3)44-13-24-57(78)53(35-44)50-32-41(10-21-54(50)75)66-65(40-8-16-46(74)17-9-40)88-61-37-49(20-26-59(61)86-66)84-72(94)81-29-31-95-4/h6-10,12-21,23-27,32-38H,5,11,22,28-31H2,1-4H3,(H2,79,82,92)(H2,80,83,93)(H2,81,84,94). The Balaban J connectivity index is 0.968. The average Bonchev–Trinajstić information content (AvgIpc) is 0.951. The number of nitrogens with one attached hydrogen (secondary N) is 6. The first kappa shape index (κ1) is 63.7. The summed E-state index contributed by atoms with van der Waals surface area (Å²) in [5.41, 5.74) is 6.17. The predicted molar refractivity (Wildman–Crippen MR) is 357 cm³/mol. The molecule has 0 atom stereocenters. The Morgan fingerprint density at radius 3 is 1.25 bits per heavy atom. The molecule has 3 heterocycles. The lowest BCUT2D eigenvalue weighted by molar-refractivity contribution is 0.198. The van der Waals surface area contributed by atoms with Gasteiger partial charge in [-0.05, 0) is 197 Å². The number of anilines is 3. The number of fused-ring (bicyclic) bond motifs is 3. The first-order chi connectivity index (χ1) is 45.9. The van der Waals surface area contributed by atoms with Crippen LogP contribution in [0.5, 0.6) is 0 Å². The normalized spacial score (nSPS) is 12.3. The van der Waals surface area contributed by atoms with Crippen LogP contribution in [0.4, 0.5) is 57.8 Å². The van der Waals surface area contributed by atoms with Crippen molar-refractivity contribution < 1.29 is 45.5 Å². The number of aromatic nitrogens is 6. The number of allylic oxidation sites excluding steroid dienone is 4. The maximum atomic E-state index is 16.8. The van der Waals surface area contributed by atoms with Crippen molar-refractivity contribution in [2.24, 2.45) is 0 Å². The highest BCUT2D eigenvalue weighted by molar-refractivity contribution is 5.98. The highest BCUT2D eigenvalue weighted by atomic mass is 19.1. The molecule has 1 aliphatic carbocycles. The van der Waals surface area contributed by atoms with Crippen LogP contribution in [-0.2, 0) is 4.74 Å². The number of urea groups is 3. The summed E-state index contributed by atoms with van der Waals surface area (Å²) < 4.78 is 101. The first-order valence-electron chi connectivity index (χ1n) is 30.2. The van der Waals surface area contributed by atoms with E-state index in [9.17, 15) is 23.2 Å². The molecule has 0 radical (unpaired) electrons. The molecule has 1 aliphatic rings. The van der Waals surface area contributed by atoms with Gasteiger partial charge in [0, 0.05) is 107 Å². The number of likely N-dealkylation sites (N-methyl/N-ethyl adjacent to an activating group) is 1. The molecule has 12 rings (SSSR count). The highest BCUT2D eigenvalue weighted by Gasteiger charge is 2.26. The summed E-state index contributed by atoms with van der Waals surface area (Å²) in [5.74, 6) is -4.08. The lowest BCUT2D eigenvalue weighted by Crippen LogP contribution is -2.34. The zero-order valence-electron chi connectivity index (χ0n) is 51.6. The quantitative estimate of drug-likeness (QED) is 0.0351. The topological polar surface area (TPSA) is 213 Å². The molecular weight excluding hydrogens is 1220 g/mol. The summed E-state index contributed by atoms with van der Waals surface area (Å²) in [6.07, 6.45) is 1.43. The number of carbonyl (C=O) groups is 3. The molecule has 0 fully saturated rings. The van der Waals surface area contributed by atoms with E-state index in [-0.39, 0.29) is 81.1 Å². The van der Waals surface area contributed by atoms with Crippen molar-refractivity contribution >= 4 is 79.4 Å². The number of rotatable bonds is 18. The third-order valence-corrected chi connectivity index (χ3v) is 15.6.